The molecule has 2 aliphatic rings. The first-order valence-electron chi connectivity index (χ1n) is 6.74. The zero-order valence-electron chi connectivity index (χ0n) is 10.2. The Balaban J connectivity index is 2.00. The van der Waals surface area contributed by atoms with Crippen molar-refractivity contribution < 1.29 is 9.84 Å². The normalized spacial score (nSPS) is 34.9. The molecule has 0 aromatic heterocycles. The Morgan fingerprint density at radius 1 is 1.25 bits per heavy atom. The molecule has 2 rings (SSSR count). The van der Waals surface area contributed by atoms with Crippen LogP contribution in [0.5, 0.6) is 0 Å². The van der Waals surface area contributed by atoms with Gasteiger partial charge in [0, 0.05) is 18.6 Å². The molecule has 2 unspecified atom stereocenters. The Bertz CT molecular complexity index is 206. The summed E-state index contributed by atoms with van der Waals surface area (Å²) in [5, 5.41) is 10.6. The van der Waals surface area contributed by atoms with Crippen molar-refractivity contribution in [2.45, 2.75) is 51.0 Å². The number of nitrogens with two attached hydrogens (primary N) is 1. The number of rotatable bonds is 3. The maximum absolute atomic E-state index is 10.6. The van der Waals surface area contributed by atoms with Crippen LogP contribution in [0.2, 0.25) is 0 Å². The largest absolute Gasteiger partial charge is 0.392 e. The molecule has 1 aliphatic heterocycles. The zero-order chi connectivity index (χ0) is 11.4. The highest BCUT2D eigenvalue weighted by molar-refractivity contribution is 4.94. The lowest BCUT2D eigenvalue weighted by Gasteiger charge is -2.36. The topological polar surface area (TPSA) is 55.5 Å². The number of aliphatic hydroxyl groups is 1. The van der Waals surface area contributed by atoms with Gasteiger partial charge in [-0.15, -0.1) is 0 Å². The molecule has 1 aliphatic carbocycles. The van der Waals surface area contributed by atoms with Gasteiger partial charge in [-0.2, -0.15) is 0 Å². The fourth-order valence-corrected chi connectivity index (χ4v) is 3.26. The van der Waals surface area contributed by atoms with E-state index in [-0.39, 0.29) is 11.5 Å². The average molecular weight is 227 g/mol. The summed E-state index contributed by atoms with van der Waals surface area (Å²) in [5.74, 6) is 0.452. The van der Waals surface area contributed by atoms with Gasteiger partial charge in [0.2, 0.25) is 0 Å². The van der Waals surface area contributed by atoms with E-state index >= 15 is 0 Å². The van der Waals surface area contributed by atoms with E-state index in [0.29, 0.717) is 19.1 Å². The summed E-state index contributed by atoms with van der Waals surface area (Å²) < 4.78 is 5.45. The summed E-state index contributed by atoms with van der Waals surface area (Å²) in [6.45, 7) is 1.98. The molecule has 3 nitrogen and oxygen atoms in total. The second kappa shape index (κ2) is 5.48. The minimum Gasteiger partial charge on any atom is -0.392 e. The van der Waals surface area contributed by atoms with Crippen molar-refractivity contribution in [3.05, 3.63) is 0 Å². The Morgan fingerprint density at radius 3 is 2.44 bits per heavy atom. The maximum atomic E-state index is 10.6. The summed E-state index contributed by atoms with van der Waals surface area (Å²) in [6.07, 6.45) is 8.21. The number of hydrogen-bond acceptors (Lipinski definition) is 3. The predicted molar refractivity (Wildman–Crippen MR) is 64.1 cm³/mol. The van der Waals surface area contributed by atoms with Gasteiger partial charge >= 0.3 is 0 Å². The van der Waals surface area contributed by atoms with Crippen molar-refractivity contribution in [2.24, 2.45) is 17.1 Å². The fraction of sp³-hybridized carbons (Fsp3) is 1.00. The molecular weight excluding hydrogens is 202 g/mol. The van der Waals surface area contributed by atoms with Crippen LogP contribution in [0, 0.1) is 11.3 Å². The van der Waals surface area contributed by atoms with Gasteiger partial charge in [0.15, 0.2) is 0 Å². The third kappa shape index (κ3) is 2.41. The highest BCUT2D eigenvalue weighted by Gasteiger charge is 2.43. The lowest BCUT2D eigenvalue weighted by molar-refractivity contribution is -0.0244. The molecule has 1 saturated heterocycles. The molecule has 0 bridgehead atoms. The smallest absolute Gasteiger partial charge is 0.0659 e. The number of aliphatic hydroxyl groups excluding tert-OH is 1. The van der Waals surface area contributed by atoms with Gasteiger partial charge < -0.3 is 15.6 Å². The van der Waals surface area contributed by atoms with Crippen molar-refractivity contribution in [1.82, 2.24) is 0 Å². The fourth-order valence-electron chi connectivity index (χ4n) is 3.26. The molecule has 16 heavy (non-hydrogen) atoms. The van der Waals surface area contributed by atoms with Crippen LogP contribution in [0.1, 0.15) is 44.9 Å². The summed E-state index contributed by atoms with van der Waals surface area (Å²) in [7, 11) is 0. The van der Waals surface area contributed by atoms with Crippen molar-refractivity contribution in [1.29, 1.82) is 0 Å². The third-order valence-electron chi connectivity index (χ3n) is 4.51. The summed E-state index contributed by atoms with van der Waals surface area (Å²) >= 11 is 0. The summed E-state index contributed by atoms with van der Waals surface area (Å²) in [6, 6.07) is 0. The molecule has 0 radical (unpaired) electrons. The van der Waals surface area contributed by atoms with Gasteiger partial charge in [0.05, 0.1) is 12.7 Å². The van der Waals surface area contributed by atoms with Crippen LogP contribution in [0.4, 0.5) is 0 Å². The van der Waals surface area contributed by atoms with Crippen LogP contribution < -0.4 is 5.73 Å². The van der Waals surface area contributed by atoms with Crippen molar-refractivity contribution >= 4 is 0 Å². The SMILES string of the molecule is NCC1(C(O)C2CCCCCC2)CCOC1. The summed E-state index contributed by atoms with van der Waals surface area (Å²) in [5.41, 5.74) is 5.73. The van der Waals surface area contributed by atoms with Crippen molar-refractivity contribution in [2.75, 3.05) is 19.8 Å². The maximum Gasteiger partial charge on any atom is 0.0659 e. The lowest BCUT2D eigenvalue weighted by Crippen LogP contribution is -2.46. The van der Waals surface area contributed by atoms with E-state index in [1.165, 1.54) is 38.5 Å². The first-order valence-corrected chi connectivity index (χ1v) is 6.74. The minimum absolute atomic E-state index is 0.144. The van der Waals surface area contributed by atoms with Crippen LogP contribution >= 0.6 is 0 Å². The molecule has 2 atom stereocenters. The van der Waals surface area contributed by atoms with Crippen LogP contribution in [-0.4, -0.2) is 31.0 Å². The Morgan fingerprint density at radius 2 is 1.94 bits per heavy atom. The molecule has 1 saturated carbocycles. The van der Waals surface area contributed by atoms with Crippen LogP contribution in [0.25, 0.3) is 0 Å². The van der Waals surface area contributed by atoms with Crippen LogP contribution in [0.3, 0.4) is 0 Å². The molecule has 3 heteroatoms. The molecule has 3 N–H and O–H groups in total. The van der Waals surface area contributed by atoms with Crippen molar-refractivity contribution in [3.63, 3.8) is 0 Å². The highest BCUT2D eigenvalue weighted by Crippen LogP contribution is 2.39. The van der Waals surface area contributed by atoms with Gasteiger partial charge in [-0.3, -0.25) is 0 Å². The molecule has 0 spiro atoms. The first-order chi connectivity index (χ1) is 7.78. The van der Waals surface area contributed by atoms with Crippen LogP contribution in [0.15, 0.2) is 0 Å². The van der Waals surface area contributed by atoms with Gasteiger partial charge in [-0.05, 0) is 25.2 Å². The number of ether oxygens (including phenoxy) is 1. The second-order valence-corrected chi connectivity index (χ2v) is 5.57. The van der Waals surface area contributed by atoms with Gasteiger partial charge in [0.25, 0.3) is 0 Å². The highest BCUT2D eigenvalue weighted by atomic mass is 16.5. The number of hydrogen-bond donors (Lipinski definition) is 2. The van der Waals surface area contributed by atoms with E-state index in [9.17, 15) is 5.11 Å². The van der Waals surface area contributed by atoms with E-state index in [0.717, 1.165) is 13.0 Å². The Hall–Kier alpha value is -0.120. The second-order valence-electron chi connectivity index (χ2n) is 5.57. The lowest BCUT2D eigenvalue weighted by atomic mass is 9.73. The monoisotopic (exact) mass is 227 g/mol. The van der Waals surface area contributed by atoms with E-state index in [1.807, 2.05) is 0 Å². The van der Waals surface area contributed by atoms with Gasteiger partial charge in [0.1, 0.15) is 0 Å². The van der Waals surface area contributed by atoms with Crippen LogP contribution in [-0.2, 0) is 4.74 Å². The van der Waals surface area contributed by atoms with E-state index in [1.54, 1.807) is 0 Å². The molecule has 0 amide bonds. The molecule has 0 aromatic carbocycles. The molecule has 2 fully saturated rings. The minimum atomic E-state index is -0.252. The Labute approximate surface area is 98.4 Å². The predicted octanol–water partition coefficient (Wildman–Crippen LogP) is 1.68. The van der Waals surface area contributed by atoms with E-state index in [4.69, 9.17) is 10.5 Å². The van der Waals surface area contributed by atoms with E-state index < -0.39 is 0 Å². The average Bonchev–Trinajstić information content (AvgIpc) is 2.64. The Kier molecular flexibility index (Phi) is 4.22. The first kappa shape index (κ1) is 12.3. The summed E-state index contributed by atoms with van der Waals surface area (Å²) in [4.78, 5) is 0. The molecule has 94 valence electrons. The molecule has 0 aromatic rings. The van der Waals surface area contributed by atoms with Gasteiger partial charge in [-0.25, -0.2) is 0 Å². The molecular formula is C13H25NO2. The third-order valence-corrected chi connectivity index (χ3v) is 4.51. The standard InChI is InChI=1S/C13H25NO2/c14-9-13(7-8-16-10-13)12(15)11-5-3-1-2-4-6-11/h11-12,15H,1-10,14H2. The zero-order valence-corrected chi connectivity index (χ0v) is 10.2. The van der Waals surface area contributed by atoms with E-state index in [2.05, 4.69) is 0 Å². The van der Waals surface area contributed by atoms with Gasteiger partial charge in [-0.1, -0.05) is 25.7 Å². The molecule has 1 heterocycles. The van der Waals surface area contributed by atoms with Crippen molar-refractivity contribution in [3.8, 4) is 0 Å². The quantitative estimate of drug-likeness (QED) is 0.721.